The van der Waals surface area contributed by atoms with Gasteiger partial charge in [-0.25, -0.2) is 9.78 Å². The van der Waals surface area contributed by atoms with Crippen molar-refractivity contribution in [3.05, 3.63) is 23.8 Å². The highest BCUT2D eigenvalue weighted by atomic mass is 17.2. The van der Waals surface area contributed by atoms with Crippen molar-refractivity contribution in [1.82, 2.24) is 0 Å². The predicted molar refractivity (Wildman–Crippen MR) is 92.7 cm³/mol. The molecule has 2 heteroatoms. The van der Waals surface area contributed by atoms with Crippen LogP contribution in [-0.4, -0.2) is 13.2 Å². The summed E-state index contributed by atoms with van der Waals surface area (Å²) in [4.78, 5) is 10.8. The van der Waals surface area contributed by atoms with E-state index in [4.69, 9.17) is 9.78 Å². The minimum atomic E-state index is 0.312. The molecule has 2 saturated carbocycles. The maximum absolute atomic E-state index is 5.58. The highest BCUT2D eigenvalue weighted by Gasteiger charge is 2.55. The maximum Gasteiger partial charge on any atom is 0.0887 e. The molecule has 0 N–H and O–H groups in total. The van der Waals surface area contributed by atoms with E-state index in [-0.39, 0.29) is 0 Å². The average molecular weight is 316 g/mol. The van der Waals surface area contributed by atoms with E-state index in [1.165, 1.54) is 51.4 Å². The summed E-state index contributed by atoms with van der Waals surface area (Å²) in [5.41, 5.74) is 2.60. The molecule has 128 valence electrons. The standard InChI is InChI=1S/C21H32O2/c1-3-22-23-15-21-13-6-8-19(21)17-10-9-16-7-4-5-12-20(16,2)18(17)11-14-21/h6,8-9,17-19H,3-5,7,10-15H2,1-2H3/t17-,18+,19+,20+,21+/m1/s1. The molecule has 4 aliphatic carbocycles. The van der Waals surface area contributed by atoms with Crippen molar-refractivity contribution in [3.63, 3.8) is 0 Å². The zero-order chi connectivity index (χ0) is 15.9. The van der Waals surface area contributed by atoms with Crippen molar-refractivity contribution in [2.75, 3.05) is 13.2 Å². The normalized spacial score (nSPS) is 45.1. The Balaban J connectivity index is 1.58. The molecule has 2 nitrogen and oxygen atoms in total. The van der Waals surface area contributed by atoms with E-state index >= 15 is 0 Å². The van der Waals surface area contributed by atoms with Crippen molar-refractivity contribution in [1.29, 1.82) is 0 Å². The fraction of sp³-hybridized carbons (Fsp3) is 0.810. The Morgan fingerprint density at radius 2 is 2.13 bits per heavy atom. The number of fused-ring (bicyclic) bond motifs is 5. The molecule has 2 fully saturated rings. The van der Waals surface area contributed by atoms with Crippen LogP contribution in [0, 0.1) is 28.6 Å². The molecule has 0 saturated heterocycles. The third-order valence-electron chi connectivity index (χ3n) is 7.63. The Labute approximate surface area is 141 Å². The van der Waals surface area contributed by atoms with Gasteiger partial charge in [-0.3, -0.25) is 0 Å². The molecule has 0 unspecified atom stereocenters. The van der Waals surface area contributed by atoms with Crippen LogP contribution in [0.4, 0.5) is 0 Å². The van der Waals surface area contributed by atoms with E-state index in [0.717, 1.165) is 18.4 Å². The molecule has 0 spiro atoms. The van der Waals surface area contributed by atoms with Crippen molar-refractivity contribution < 1.29 is 9.78 Å². The second kappa shape index (κ2) is 6.04. The Hall–Kier alpha value is -0.600. The van der Waals surface area contributed by atoms with Gasteiger partial charge in [-0.2, -0.15) is 0 Å². The monoisotopic (exact) mass is 316 g/mol. The summed E-state index contributed by atoms with van der Waals surface area (Å²) in [6, 6.07) is 0. The fourth-order valence-electron chi connectivity index (χ4n) is 6.42. The van der Waals surface area contributed by atoms with Crippen LogP contribution < -0.4 is 0 Å². The van der Waals surface area contributed by atoms with Gasteiger partial charge in [0.2, 0.25) is 0 Å². The lowest BCUT2D eigenvalue weighted by Gasteiger charge is -2.57. The Morgan fingerprint density at radius 1 is 1.22 bits per heavy atom. The van der Waals surface area contributed by atoms with Crippen LogP contribution in [0.1, 0.15) is 65.2 Å². The third-order valence-corrected chi connectivity index (χ3v) is 7.63. The molecule has 0 aliphatic heterocycles. The zero-order valence-electron chi connectivity index (χ0n) is 14.9. The van der Waals surface area contributed by atoms with Gasteiger partial charge < -0.3 is 0 Å². The van der Waals surface area contributed by atoms with E-state index in [9.17, 15) is 0 Å². The first-order valence-electron chi connectivity index (χ1n) is 9.80. The molecule has 0 bridgehead atoms. The summed E-state index contributed by atoms with van der Waals surface area (Å²) >= 11 is 0. The molecule has 0 amide bonds. The third kappa shape index (κ3) is 2.44. The predicted octanol–water partition coefficient (Wildman–Crippen LogP) is 5.45. The average Bonchev–Trinajstić information content (AvgIpc) is 2.99. The number of allylic oxidation sites excluding steroid dienone is 4. The molecule has 0 aromatic carbocycles. The number of hydrogen-bond donors (Lipinski definition) is 0. The number of hydrogen-bond acceptors (Lipinski definition) is 2. The van der Waals surface area contributed by atoms with Crippen LogP contribution in [0.5, 0.6) is 0 Å². The summed E-state index contributed by atoms with van der Waals surface area (Å²) in [6.45, 7) is 5.99. The van der Waals surface area contributed by atoms with Gasteiger partial charge >= 0.3 is 0 Å². The molecule has 0 radical (unpaired) electrons. The van der Waals surface area contributed by atoms with E-state index in [1.807, 2.05) is 6.92 Å². The van der Waals surface area contributed by atoms with Crippen LogP contribution in [0.15, 0.2) is 23.8 Å². The SMILES string of the molecule is CCOOC[C@@]12CC=C[C@H]1[C@@H]1CC=C3CCCC[C@]3(C)[C@H]1CC2. The molecule has 0 heterocycles. The minimum Gasteiger partial charge on any atom is -0.237 e. The minimum absolute atomic E-state index is 0.312. The van der Waals surface area contributed by atoms with Gasteiger partial charge in [0.15, 0.2) is 0 Å². The van der Waals surface area contributed by atoms with E-state index in [2.05, 4.69) is 25.2 Å². The Bertz CT molecular complexity index is 508. The zero-order valence-corrected chi connectivity index (χ0v) is 14.9. The molecular formula is C21H32O2. The second-order valence-corrected chi connectivity index (χ2v) is 8.59. The van der Waals surface area contributed by atoms with Crippen LogP contribution in [0.3, 0.4) is 0 Å². The number of rotatable bonds is 4. The summed E-state index contributed by atoms with van der Waals surface area (Å²) in [5.74, 6) is 2.40. The van der Waals surface area contributed by atoms with Gasteiger partial charge in [0.1, 0.15) is 0 Å². The quantitative estimate of drug-likeness (QED) is 0.297. The van der Waals surface area contributed by atoms with Crippen LogP contribution in [0.25, 0.3) is 0 Å². The summed E-state index contributed by atoms with van der Waals surface area (Å²) in [5, 5.41) is 0. The molecular weight excluding hydrogens is 284 g/mol. The van der Waals surface area contributed by atoms with Gasteiger partial charge in [0.05, 0.1) is 13.2 Å². The van der Waals surface area contributed by atoms with Crippen molar-refractivity contribution in [3.8, 4) is 0 Å². The summed E-state index contributed by atoms with van der Waals surface area (Å²) in [7, 11) is 0. The van der Waals surface area contributed by atoms with Gasteiger partial charge in [-0.15, -0.1) is 0 Å². The van der Waals surface area contributed by atoms with Gasteiger partial charge in [0.25, 0.3) is 0 Å². The molecule has 23 heavy (non-hydrogen) atoms. The van der Waals surface area contributed by atoms with Gasteiger partial charge in [-0.05, 0) is 75.0 Å². The highest BCUT2D eigenvalue weighted by Crippen LogP contribution is 2.63. The molecule has 0 aromatic heterocycles. The van der Waals surface area contributed by atoms with E-state index in [0.29, 0.717) is 23.4 Å². The lowest BCUT2D eigenvalue weighted by atomic mass is 9.48. The molecule has 4 rings (SSSR count). The largest absolute Gasteiger partial charge is 0.237 e. The first-order valence-corrected chi connectivity index (χ1v) is 9.80. The van der Waals surface area contributed by atoms with Gasteiger partial charge in [0, 0.05) is 5.41 Å². The highest BCUT2D eigenvalue weighted by molar-refractivity contribution is 5.26. The van der Waals surface area contributed by atoms with Crippen molar-refractivity contribution in [2.45, 2.75) is 65.2 Å². The first-order chi connectivity index (χ1) is 11.2. The molecule has 4 aliphatic rings. The topological polar surface area (TPSA) is 18.5 Å². The van der Waals surface area contributed by atoms with E-state index in [1.54, 1.807) is 5.57 Å². The van der Waals surface area contributed by atoms with Crippen molar-refractivity contribution >= 4 is 0 Å². The molecule has 0 aromatic rings. The van der Waals surface area contributed by atoms with E-state index < -0.39 is 0 Å². The maximum atomic E-state index is 5.58. The summed E-state index contributed by atoms with van der Waals surface area (Å²) < 4.78 is 0. The fourth-order valence-corrected chi connectivity index (χ4v) is 6.42. The van der Waals surface area contributed by atoms with Gasteiger partial charge in [-0.1, -0.05) is 37.1 Å². The van der Waals surface area contributed by atoms with Crippen LogP contribution in [0.2, 0.25) is 0 Å². The van der Waals surface area contributed by atoms with Crippen LogP contribution in [-0.2, 0) is 9.78 Å². The lowest BCUT2D eigenvalue weighted by Crippen LogP contribution is -2.50. The Kier molecular flexibility index (Phi) is 4.18. The molecule has 5 atom stereocenters. The lowest BCUT2D eigenvalue weighted by molar-refractivity contribution is -0.313. The summed E-state index contributed by atoms with van der Waals surface area (Å²) in [6.07, 6.45) is 18.4. The van der Waals surface area contributed by atoms with Crippen LogP contribution >= 0.6 is 0 Å². The smallest absolute Gasteiger partial charge is 0.0887 e. The van der Waals surface area contributed by atoms with Crippen molar-refractivity contribution in [2.24, 2.45) is 28.6 Å². The second-order valence-electron chi connectivity index (χ2n) is 8.59. The Morgan fingerprint density at radius 3 is 3.00 bits per heavy atom. The first kappa shape index (κ1) is 15.9.